The van der Waals surface area contributed by atoms with E-state index in [2.05, 4.69) is 22.3 Å². The van der Waals surface area contributed by atoms with Crippen molar-refractivity contribution in [3.05, 3.63) is 77.6 Å². The maximum absolute atomic E-state index is 12.5. The van der Waals surface area contributed by atoms with Crippen LogP contribution in [-0.2, 0) is 13.1 Å². The third kappa shape index (κ3) is 3.64. The lowest BCUT2D eigenvalue weighted by atomic mass is 10.1. The van der Waals surface area contributed by atoms with Gasteiger partial charge in [-0.05, 0) is 35.7 Å². The van der Waals surface area contributed by atoms with E-state index in [-0.39, 0.29) is 12.0 Å². The van der Waals surface area contributed by atoms with Gasteiger partial charge in [-0.2, -0.15) is 0 Å². The summed E-state index contributed by atoms with van der Waals surface area (Å²) in [5, 5.41) is 12.7. The molecule has 1 saturated heterocycles. The van der Waals surface area contributed by atoms with Gasteiger partial charge in [0.05, 0.1) is 11.7 Å². The van der Waals surface area contributed by atoms with E-state index in [1.54, 1.807) is 0 Å². The molecule has 2 N–H and O–H groups in total. The number of β-amino-alcohol motifs (C(OH)–C–C–N with tert-alkyl or cyclic N) is 1. The predicted molar refractivity (Wildman–Crippen MR) is 101 cm³/mol. The first kappa shape index (κ1) is 16.8. The van der Waals surface area contributed by atoms with Crippen LogP contribution in [0.25, 0.3) is 5.52 Å². The third-order valence-corrected chi connectivity index (χ3v) is 4.97. The van der Waals surface area contributed by atoms with Crippen LogP contribution in [0.15, 0.2) is 60.9 Å². The Morgan fingerprint density at radius 1 is 1.15 bits per heavy atom. The van der Waals surface area contributed by atoms with Crippen LogP contribution in [0.4, 0.5) is 0 Å². The Bertz CT molecular complexity index is 885. The van der Waals surface area contributed by atoms with Crippen molar-refractivity contribution < 1.29 is 9.90 Å². The molecule has 1 aromatic carbocycles. The summed E-state index contributed by atoms with van der Waals surface area (Å²) in [5.41, 5.74) is 3.98. The maximum Gasteiger partial charge on any atom is 0.253 e. The summed E-state index contributed by atoms with van der Waals surface area (Å²) in [7, 11) is 0. The quantitative estimate of drug-likeness (QED) is 0.744. The number of hydrogen-bond acceptors (Lipinski definition) is 3. The monoisotopic (exact) mass is 349 g/mol. The molecule has 26 heavy (non-hydrogen) atoms. The van der Waals surface area contributed by atoms with Crippen LogP contribution in [0, 0.1) is 0 Å². The molecule has 2 aromatic heterocycles. The van der Waals surface area contributed by atoms with Gasteiger partial charge >= 0.3 is 0 Å². The zero-order chi connectivity index (χ0) is 17.9. The predicted octanol–water partition coefficient (Wildman–Crippen LogP) is 2.44. The minimum Gasteiger partial charge on any atom is -0.392 e. The van der Waals surface area contributed by atoms with Crippen LogP contribution in [0.2, 0.25) is 0 Å². The molecule has 134 valence electrons. The van der Waals surface area contributed by atoms with Crippen molar-refractivity contribution in [1.29, 1.82) is 0 Å². The number of carbonyl (C=O) groups is 1. The van der Waals surface area contributed by atoms with Crippen LogP contribution in [0.5, 0.6) is 0 Å². The standard InChI is InChI=1S/C21H23N3O2/c25-20-8-10-23(15-20)13-17-6-2-1-5-16(17)12-22-21(26)18-11-19-7-3-4-9-24(19)14-18/h1-7,9,11,14,20,25H,8,10,12-13,15H2,(H,22,26)/t20-/m1/s1. The molecular formula is C21H23N3O2. The fourth-order valence-electron chi connectivity index (χ4n) is 3.54. The Kier molecular flexibility index (Phi) is 4.73. The van der Waals surface area contributed by atoms with Crippen molar-refractivity contribution in [2.45, 2.75) is 25.6 Å². The molecule has 0 saturated carbocycles. The number of amides is 1. The molecule has 5 nitrogen and oxygen atoms in total. The normalized spacial score (nSPS) is 17.7. The molecular weight excluding hydrogens is 326 g/mol. The molecule has 1 aliphatic rings. The zero-order valence-corrected chi connectivity index (χ0v) is 14.6. The van der Waals surface area contributed by atoms with Crippen LogP contribution < -0.4 is 5.32 Å². The van der Waals surface area contributed by atoms with Gasteiger partial charge in [-0.1, -0.05) is 30.3 Å². The molecule has 0 spiro atoms. The smallest absolute Gasteiger partial charge is 0.253 e. The summed E-state index contributed by atoms with van der Waals surface area (Å²) in [4.78, 5) is 14.8. The number of benzene rings is 1. The average Bonchev–Trinajstić information content (AvgIpc) is 3.26. The largest absolute Gasteiger partial charge is 0.392 e. The fourth-order valence-corrected chi connectivity index (χ4v) is 3.54. The molecule has 1 fully saturated rings. The highest BCUT2D eigenvalue weighted by Crippen LogP contribution is 2.17. The van der Waals surface area contributed by atoms with E-state index in [9.17, 15) is 9.90 Å². The number of likely N-dealkylation sites (tertiary alicyclic amines) is 1. The number of hydrogen-bond donors (Lipinski definition) is 2. The van der Waals surface area contributed by atoms with E-state index >= 15 is 0 Å². The first-order valence-corrected chi connectivity index (χ1v) is 9.01. The number of aliphatic hydroxyl groups is 1. The summed E-state index contributed by atoms with van der Waals surface area (Å²) in [6, 6.07) is 16.0. The van der Waals surface area contributed by atoms with E-state index in [4.69, 9.17) is 0 Å². The Morgan fingerprint density at radius 3 is 2.73 bits per heavy atom. The van der Waals surface area contributed by atoms with Crippen molar-refractivity contribution in [3.63, 3.8) is 0 Å². The van der Waals surface area contributed by atoms with Gasteiger partial charge in [0.15, 0.2) is 0 Å². The molecule has 5 heteroatoms. The number of pyridine rings is 1. The number of aromatic nitrogens is 1. The lowest BCUT2D eigenvalue weighted by Crippen LogP contribution is -2.25. The van der Waals surface area contributed by atoms with Gasteiger partial charge in [0, 0.05) is 44.1 Å². The maximum atomic E-state index is 12.5. The molecule has 1 atom stereocenters. The Labute approximate surface area is 152 Å². The van der Waals surface area contributed by atoms with Crippen molar-refractivity contribution >= 4 is 11.4 Å². The highest BCUT2D eigenvalue weighted by molar-refractivity contribution is 5.95. The van der Waals surface area contributed by atoms with Crippen molar-refractivity contribution in [2.24, 2.45) is 0 Å². The van der Waals surface area contributed by atoms with E-state index < -0.39 is 0 Å². The number of nitrogens with one attached hydrogen (secondary N) is 1. The van der Waals surface area contributed by atoms with Gasteiger partial charge in [0.1, 0.15) is 0 Å². The average molecular weight is 349 g/mol. The number of rotatable bonds is 5. The number of fused-ring (bicyclic) bond motifs is 1. The third-order valence-electron chi connectivity index (χ3n) is 4.97. The van der Waals surface area contributed by atoms with Crippen LogP contribution >= 0.6 is 0 Å². The minimum absolute atomic E-state index is 0.0694. The summed E-state index contributed by atoms with van der Waals surface area (Å²) in [5.74, 6) is -0.0694. The number of carbonyl (C=O) groups excluding carboxylic acids is 1. The van der Waals surface area contributed by atoms with Gasteiger partial charge in [-0.25, -0.2) is 0 Å². The van der Waals surface area contributed by atoms with Crippen molar-refractivity contribution in [1.82, 2.24) is 14.6 Å². The molecule has 3 heterocycles. The van der Waals surface area contributed by atoms with Gasteiger partial charge in [-0.15, -0.1) is 0 Å². The Balaban J connectivity index is 1.43. The second-order valence-corrected chi connectivity index (χ2v) is 6.89. The molecule has 4 rings (SSSR count). The lowest BCUT2D eigenvalue weighted by Gasteiger charge is -2.18. The highest BCUT2D eigenvalue weighted by Gasteiger charge is 2.20. The van der Waals surface area contributed by atoms with Crippen molar-refractivity contribution in [3.8, 4) is 0 Å². The first-order valence-electron chi connectivity index (χ1n) is 9.01. The second-order valence-electron chi connectivity index (χ2n) is 6.89. The van der Waals surface area contributed by atoms with Crippen LogP contribution in [0.3, 0.4) is 0 Å². The Morgan fingerprint density at radius 2 is 1.96 bits per heavy atom. The van der Waals surface area contributed by atoms with E-state index in [0.29, 0.717) is 12.1 Å². The van der Waals surface area contributed by atoms with Gasteiger partial charge in [0.2, 0.25) is 0 Å². The second kappa shape index (κ2) is 7.32. The molecule has 0 aliphatic carbocycles. The minimum atomic E-state index is -0.217. The highest BCUT2D eigenvalue weighted by atomic mass is 16.3. The summed E-state index contributed by atoms with van der Waals surface area (Å²) in [6.07, 6.45) is 4.40. The zero-order valence-electron chi connectivity index (χ0n) is 14.6. The van der Waals surface area contributed by atoms with Crippen LogP contribution in [-0.4, -0.2) is 39.5 Å². The SMILES string of the molecule is O=C(NCc1ccccc1CN1CC[C@@H](O)C1)c1cc2ccccn2c1. The first-order chi connectivity index (χ1) is 12.7. The molecule has 1 amide bonds. The molecule has 0 bridgehead atoms. The van der Waals surface area contributed by atoms with E-state index in [1.165, 1.54) is 5.56 Å². The molecule has 0 radical (unpaired) electrons. The topological polar surface area (TPSA) is 57.0 Å². The van der Waals surface area contributed by atoms with E-state index in [1.807, 2.05) is 53.2 Å². The molecule has 0 unspecified atom stereocenters. The Hall–Kier alpha value is -2.63. The summed E-state index contributed by atoms with van der Waals surface area (Å²) >= 11 is 0. The van der Waals surface area contributed by atoms with Crippen molar-refractivity contribution in [2.75, 3.05) is 13.1 Å². The lowest BCUT2D eigenvalue weighted by molar-refractivity contribution is 0.0951. The van der Waals surface area contributed by atoms with Gasteiger partial charge < -0.3 is 14.8 Å². The molecule has 1 aliphatic heterocycles. The van der Waals surface area contributed by atoms with Gasteiger partial charge in [-0.3, -0.25) is 9.69 Å². The summed E-state index contributed by atoms with van der Waals surface area (Å²) < 4.78 is 1.95. The van der Waals surface area contributed by atoms with Gasteiger partial charge in [0.25, 0.3) is 5.91 Å². The fraction of sp³-hybridized carbons (Fsp3) is 0.286. The van der Waals surface area contributed by atoms with Crippen LogP contribution in [0.1, 0.15) is 27.9 Å². The van der Waals surface area contributed by atoms with E-state index in [0.717, 1.165) is 37.1 Å². The number of aliphatic hydroxyl groups excluding tert-OH is 1. The molecule has 3 aromatic rings. The summed E-state index contributed by atoms with van der Waals surface area (Å²) in [6.45, 7) is 2.94. The number of nitrogens with zero attached hydrogens (tertiary/aromatic N) is 2.